The van der Waals surface area contributed by atoms with Crippen molar-refractivity contribution in [3.8, 4) is 0 Å². The molecular weight excluding hydrogens is 542 g/mol. The highest BCUT2D eigenvalue weighted by Crippen LogP contribution is 2.46. The number of carboxylic acids is 1. The zero-order valence-corrected chi connectivity index (χ0v) is 22.5. The average molecular weight is 570 g/mol. The molecule has 0 aromatic heterocycles. The average Bonchev–Trinajstić information content (AvgIpc) is 3.08. The molecule has 1 saturated heterocycles. The van der Waals surface area contributed by atoms with Crippen molar-refractivity contribution >= 4 is 34.8 Å². The number of halogens is 5. The first-order chi connectivity index (χ1) is 19.2. The molecule has 1 aliphatic carbocycles. The molecule has 5 rings (SSSR count). The van der Waals surface area contributed by atoms with Gasteiger partial charge in [-0.15, -0.1) is 0 Å². The first kappa shape index (κ1) is 28.1. The third-order valence-electron chi connectivity index (χ3n) is 7.45. The van der Waals surface area contributed by atoms with Crippen molar-refractivity contribution in [1.29, 1.82) is 0 Å². The van der Waals surface area contributed by atoms with Crippen molar-refractivity contribution in [2.45, 2.75) is 31.9 Å². The number of benzene rings is 3. The van der Waals surface area contributed by atoms with Crippen LogP contribution in [-0.2, 0) is 12.6 Å². The van der Waals surface area contributed by atoms with Gasteiger partial charge in [0.05, 0.1) is 22.8 Å². The fourth-order valence-electron chi connectivity index (χ4n) is 5.63. The largest absolute Gasteiger partial charge is 0.478 e. The van der Waals surface area contributed by atoms with E-state index in [4.69, 9.17) is 11.6 Å². The Hall–Kier alpha value is -3.42. The Morgan fingerprint density at radius 1 is 1.00 bits per heavy atom. The van der Waals surface area contributed by atoms with Gasteiger partial charge in [-0.25, -0.2) is 4.79 Å². The number of rotatable bonds is 7. The Morgan fingerprint density at radius 3 is 2.42 bits per heavy atom. The predicted octanol–water partition coefficient (Wildman–Crippen LogP) is 8.41. The van der Waals surface area contributed by atoms with Gasteiger partial charge in [0.15, 0.2) is 0 Å². The van der Waals surface area contributed by atoms with Crippen LogP contribution in [0, 0.1) is 0 Å². The van der Waals surface area contributed by atoms with E-state index >= 15 is 0 Å². The summed E-state index contributed by atoms with van der Waals surface area (Å²) in [5.74, 6) is -1.05. The van der Waals surface area contributed by atoms with E-state index in [0.717, 1.165) is 41.9 Å². The Labute approximate surface area is 235 Å². The second-order valence-electron chi connectivity index (χ2n) is 10.2. The van der Waals surface area contributed by atoms with E-state index in [1.54, 1.807) is 12.1 Å². The second kappa shape index (κ2) is 11.6. The summed E-state index contributed by atoms with van der Waals surface area (Å²) in [7, 11) is 0. The number of hydrogen-bond donors (Lipinski definition) is 1. The van der Waals surface area contributed by atoms with E-state index in [1.807, 2.05) is 24.3 Å². The number of nitrogens with zero attached hydrogens (tertiary/aromatic N) is 1. The maximum Gasteiger partial charge on any atom is 0.418 e. The van der Waals surface area contributed by atoms with Crippen LogP contribution in [0.2, 0.25) is 5.02 Å². The van der Waals surface area contributed by atoms with Crippen LogP contribution in [0.25, 0.3) is 17.2 Å². The predicted molar refractivity (Wildman–Crippen MR) is 150 cm³/mol. The number of aryl methyl sites for hydroxylation is 1. The standard InChI is InChI=1S/C32H28ClF4NO2/c33-28-7-2-6-27(30(28)32(35,36)37)26-5-1-4-23-17-24(31(39)40)12-13-25(23)29(26)22-10-8-20(9-11-22)16-21-18-38(19-21)15-3-14-34/h2,6-13,16-17H,1,3-5,14-15,18-19H2,(H,39,40). The molecule has 208 valence electrons. The van der Waals surface area contributed by atoms with E-state index in [9.17, 15) is 27.5 Å². The van der Waals surface area contributed by atoms with Gasteiger partial charge in [0, 0.05) is 19.6 Å². The summed E-state index contributed by atoms with van der Waals surface area (Å²) < 4.78 is 55.2. The molecule has 0 radical (unpaired) electrons. The Balaban J connectivity index is 1.62. The third kappa shape index (κ3) is 5.86. The highest BCUT2D eigenvalue weighted by Gasteiger charge is 2.37. The van der Waals surface area contributed by atoms with Crippen LogP contribution in [0.1, 0.15) is 63.0 Å². The molecular formula is C32H28ClF4NO2. The lowest BCUT2D eigenvalue weighted by atomic mass is 9.85. The van der Waals surface area contributed by atoms with Gasteiger partial charge < -0.3 is 5.11 Å². The molecule has 2 aliphatic rings. The van der Waals surface area contributed by atoms with Crippen molar-refractivity contribution in [2.24, 2.45) is 0 Å². The molecule has 1 heterocycles. The lowest BCUT2D eigenvalue weighted by Crippen LogP contribution is -2.40. The zero-order chi connectivity index (χ0) is 28.4. The number of carbonyl (C=O) groups is 1. The van der Waals surface area contributed by atoms with Crippen LogP contribution < -0.4 is 0 Å². The summed E-state index contributed by atoms with van der Waals surface area (Å²) in [6.07, 6.45) is -0.570. The van der Waals surface area contributed by atoms with Gasteiger partial charge in [0.25, 0.3) is 0 Å². The number of fused-ring (bicyclic) bond motifs is 1. The molecule has 0 amide bonds. The van der Waals surface area contributed by atoms with Gasteiger partial charge in [-0.1, -0.05) is 60.1 Å². The summed E-state index contributed by atoms with van der Waals surface area (Å²) >= 11 is 6.11. The monoisotopic (exact) mass is 569 g/mol. The minimum atomic E-state index is -4.65. The molecule has 1 aliphatic heterocycles. The van der Waals surface area contributed by atoms with E-state index in [-0.39, 0.29) is 22.8 Å². The summed E-state index contributed by atoms with van der Waals surface area (Å²) in [5.41, 5.74) is 4.97. The number of aromatic carboxylic acids is 1. The summed E-state index contributed by atoms with van der Waals surface area (Å²) in [6.45, 7) is 2.00. The molecule has 0 bridgehead atoms. The number of likely N-dealkylation sites (tertiary alicyclic amines) is 1. The number of carboxylic acid groups (broad SMARTS) is 1. The van der Waals surface area contributed by atoms with E-state index in [1.165, 1.54) is 29.8 Å². The van der Waals surface area contributed by atoms with Crippen molar-refractivity contribution < 1.29 is 27.5 Å². The fraction of sp³-hybridized carbons (Fsp3) is 0.281. The van der Waals surface area contributed by atoms with Gasteiger partial charge in [-0.3, -0.25) is 9.29 Å². The molecule has 0 spiro atoms. The molecule has 0 atom stereocenters. The number of hydrogen-bond acceptors (Lipinski definition) is 2. The van der Waals surface area contributed by atoms with Gasteiger partial charge in [0.1, 0.15) is 0 Å². The lowest BCUT2D eigenvalue weighted by Gasteiger charge is -2.33. The van der Waals surface area contributed by atoms with Gasteiger partial charge in [-0.2, -0.15) is 13.2 Å². The maximum absolute atomic E-state index is 14.2. The normalized spacial score (nSPS) is 15.9. The Bertz CT molecular complexity index is 1480. The van der Waals surface area contributed by atoms with Crippen LogP contribution in [0.5, 0.6) is 0 Å². The van der Waals surface area contributed by atoms with Crippen molar-refractivity contribution in [3.05, 3.63) is 110 Å². The van der Waals surface area contributed by atoms with E-state index in [2.05, 4.69) is 11.0 Å². The van der Waals surface area contributed by atoms with Crippen molar-refractivity contribution in [1.82, 2.24) is 4.90 Å². The summed E-state index contributed by atoms with van der Waals surface area (Å²) in [4.78, 5) is 13.8. The number of allylic oxidation sites excluding steroid dienone is 1. The van der Waals surface area contributed by atoms with Crippen LogP contribution in [0.4, 0.5) is 17.6 Å². The van der Waals surface area contributed by atoms with E-state index in [0.29, 0.717) is 36.8 Å². The number of alkyl halides is 4. The molecule has 3 aromatic carbocycles. The molecule has 1 N–H and O–H groups in total. The quantitative estimate of drug-likeness (QED) is 0.290. The molecule has 8 heteroatoms. The minimum Gasteiger partial charge on any atom is -0.478 e. The van der Waals surface area contributed by atoms with Crippen molar-refractivity contribution in [2.75, 3.05) is 26.3 Å². The summed E-state index contributed by atoms with van der Waals surface area (Å²) in [6, 6.07) is 16.7. The highest BCUT2D eigenvalue weighted by molar-refractivity contribution is 6.31. The third-order valence-corrected chi connectivity index (χ3v) is 7.76. The van der Waals surface area contributed by atoms with Gasteiger partial charge in [-0.05, 0) is 88.4 Å². The van der Waals surface area contributed by atoms with Crippen LogP contribution in [0.3, 0.4) is 0 Å². The smallest absolute Gasteiger partial charge is 0.418 e. The molecule has 0 unspecified atom stereocenters. The first-order valence-corrected chi connectivity index (χ1v) is 13.6. The molecule has 1 fully saturated rings. The molecule has 40 heavy (non-hydrogen) atoms. The molecule has 3 nitrogen and oxygen atoms in total. The van der Waals surface area contributed by atoms with Crippen LogP contribution >= 0.6 is 11.6 Å². The Kier molecular flexibility index (Phi) is 8.15. The zero-order valence-electron chi connectivity index (χ0n) is 21.7. The lowest BCUT2D eigenvalue weighted by molar-refractivity contribution is -0.137. The molecule has 3 aromatic rings. The Morgan fingerprint density at radius 2 is 1.75 bits per heavy atom. The van der Waals surface area contributed by atoms with Gasteiger partial charge in [0.2, 0.25) is 0 Å². The highest BCUT2D eigenvalue weighted by atomic mass is 35.5. The topological polar surface area (TPSA) is 40.5 Å². The SMILES string of the molecule is O=C(O)c1ccc2c(c1)CCCC(c1cccc(Cl)c1C(F)(F)F)=C2c1ccc(C=C2CN(CCCF)C2)cc1. The van der Waals surface area contributed by atoms with Crippen molar-refractivity contribution in [3.63, 3.8) is 0 Å². The van der Waals surface area contributed by atoms with E-state index < -0.39 is 17.7 Å². The van der Waals surface area contributed by atoms with Gasteiger partial charge >= 0.3 is 12.1 Å². The van der Waals surface area contributed by atoms with Crippen LogP contribution in [-0.4, -0.2) is 42.3 Å². The maximum atomic E-state index is 14.2. The fourth-order valence-corrected chi connectivity index (χ4v) is 5.91. The van der Waals surface area contributed by atoms with Crippen LogP contribution in [0.15, 0.2) is 66.2 Å². The minimum absolute atomic E-state index is 0.0409. The first-order valence-electron chi connectivity index (χ1n) is 13.2. The second-order valence-corrected chi connectivity index (χ2v) is 10.6. The molecule has 0 saturated carbocycles. The summed E-state index contributed by atoms with van der Waals surface area (Å²) in [5, 5.41) is 9.18.